The van der Waals surface area contributed by atoms with E-state index in [1.807, 2.05) is 11.8 Å². The molecule has 3 heterocycles. The molecule has 0 bridgehead atoms. The number of hydrogen-bond donors (Lipinski definition) is 1. The van der Waals surface area contributed by atoms with Crippen molar-refractivity contribution in [1.82, 2.24) is 14.9 Å². The summed E-state index contributed by atoms with van der Waals surface area (Å²) >= 11 is 0. The molecule has 1 N–H and O–H groups in total. The average Bonchev–Trinajstić information content (AvgIpc) is 3.07. The fraction of sp³-hybridized carbons (Fsp3) is 0.550. The van der Waals surface area contributed by atoms with Gasteiger partial charge in [-0.15, -0.1) is 0 Å². The monoisotopic (exact) mass is 354 g/mol. The van der Waals surface area contributed by atoms with Crippen LogP contribution >= 0.6 is 0 Å². The predicted molar refractivity (Wildman–Crippen MR) is 101 cm³/mol. The summed E-state index contributed by atoms with van der Waals surface area (Å²) in [4.78, 5) is 26.2. The number of aliphatic hydroxyl groups excluding tert-OH is 1. The number of fused-ring (bicyclic) bond motifs is 1. The lowest BCUT2D eigenvalue weighted by Crippen LogP contribution is -2.45. The van der Waals surface area contributed by atoms with Crippen LogP contribution in [0.3, 0.4) is 0 Å². The first-order valence-electron chi connectivity index (χ1n) is 9.48. The maximum atomic E-state index is 12.8. The molecule has 0 radical (unpaired) electrons. The number of anilines is 1. The highest BCUT2D eigenvalue weighted by Gasteiger charge is 2.33. The van der Waals surface area contributed by atoms with Gasteiger partial charge in [-0.1, -0.05) is 12.1 Å². The molecule has 2 aromatic rings. The Kier molecular flexibility index (Phi) is 4.53. The molecule has 1 aromatic carbocycles. The van der Waals surface area contributed by atoms with Gasteiger partial charge in [-0.3, -0.25) is 4.79 Å². The Labute approximate surface area is 153 Å². The second-order valence-electron chi connectivity index (χ2n) is 7.64. The molecule has 2 aliphatic rings. The second-order valence-corrected chi connectivity index (χ2v) is 7.64. The summed E-state index contributed by atoms with van der Waals surface area (Å²) in [7, 11) is 0. The average molecular weight is 354 g/mol. The summed E-state index contributed by atoms with van der Waals surface area (Å²) in [6.45, 7) is 6.75. The lowest BCUT2D eigenvalue weighted by molar-refractivity contribution is -0.135. The number of nitrogens with zero attached hydrogens (tertiary/aromatic N) is 4. The molecule has 2 atom stereocenters. The van der Waals surface area contributed by atoms with Crippen molar-refractivity contribution in [3.8, 4) is 0 Å². The molecule has 1 amide bonds. The van der Waals surface area contributed by atoms with Crippen molar-refractivity contribution in [2.75, 3.05) is 31.1 Å². The minimum absolute atomic E-state index is 0.0360. The molecule has 138 valence electrons. The number of aliphatic hydroxyl groups is 1. The van der Waals surface area contributed by atoms with Gasteiger partial charge in [0.05, 0.1) is 23.2 Å². The van der Waals surface area contributed by atoms with Crippen molar-refractivity contribution in [1.29, 1.82) is 0 Å². The molecule has 1 aromatic heterocycles. The molecule has 0 unspecified atom stereocenters. The number of rotatable bonds is 2. The number of amides is 1. The van der Waals surface area contributed by atoms with E-state index >= 15 is 0 Å². The third-order valence-corrected chi connectivity index (χ3v) is 5.56. The fourth-order valence-electron chi connectivity index (χ4n) is 4.09. The standard InChI is InChI=1S/C20H26N4O2/c1-13-5-6-17-14(2)21-20(22-18(17)10-13)24-8-3-4-15(11-24)19(26)23-9-7-16(25)12-23/h5-6,10,15-16,25H,3-4,7-9,11-12H2,1-2H3/t15-,16+/m0/s1. The number of aryl methyl sites for hydroxylation is 2. The maximum absolute atomic E-state index is 12.8. The molecule has 4 rings (SSSR count). The van der Waals surface area contributed by atoms with E-state index < -0.39 is 0 Å². The minimum atomic E-state index is -0.367. The predicted octanol–water partition coefficient (Wildman–Crippen LogP) is 2.06. The van der Waals surface area contributed by atoms with Crippen molar-refractivity contribution in [3.63, 3.8) is 0 Å². The Balaban J connectivity index is 1.56. The number of aromatic nitrogens is 2. The summed E-state index contributed by atoms with van der Waals surface area (Å²) in [5.74, 6) is 0.852. The van der Waals surface area contributed by atoms with E-state index in [1.165, 1.54) is 5.56 Å². The SMILES string of the molecule is Cc1ccc2c(C)nc(N3CCC[C@H](C(=O)N4CC[C@@H](O)C4)C3)nc2c1. The number of carbonyl (C=O) groups excluding carboxylic acids is 1. The third-order valence-electron chi connectivity index (χ3n) is 5.56. The van der Waals surface area contributed by atoms with Crippen LogP contribution in [-0.2, 0) is 4.79 Å². The highest BCUT2D eigenvalue weighted by atomic mass is 16.3. The van der Waals surface area contributed by atoms with Crippen molar-refractivity contribution in [3.05, 3.63) is 29.5 Å². The van der Waals surface area contributed by atoms with E-state index in [9.17, 15) is 9.90 Å². The topological polar surface area (TPSA) is 69.6 Å². The van der Waals surface area contributed by atoms with Gasteiger partial charge in [0.2, 0.25) is 11.9 Å². The van der Waals surface area contributed by atoms with Gasteiger partial charge in [-0.05, 0) is 44.7 Å². The molecule has 0 spiro atoms. The van der Waals surface area contributed by atoms with Crippen LogP contribution in [0.1, 0.15) is 30.5 Å². The Hall–Kier alpha value is -2.21. The first-order valence-corrected chi connectivity index (χ1v) is 9.48. The van der Waals surface area contributed by atoms with Crippen molar-refractivity contribution in [2.24, 2.45) is 5.92 Å². The molecule has 0 saturated carbocycles. The second kappa shape index (κ2) is 6.83. The molecule has 6 nitrogen and oxygen atoms in total. The zero-order chi connectivity index (χ0) is 18.3. The van der Waals surface area contributed by atoms with E-state index in [4.69, 9.17) is 9.97 Å². The van der Waals surface area contributed by atoms with Crippen molar-refractivity contribution >= 4 is 22.8 Å². The number of benzene rings is 1. The first-order chi connectivity index (χ1) is 12.5. The molecule has 6 heteroatoms. The highest BCUT2D eigenvalue weighted by molar-refractivity contribution is 5.83. The molecule has 2 fully saturated rings. The number of likely N-dealkylation sites (tertiary alicyclic amines) is 1. The van der Waals surface area contributed by atoms with Crippen LogP contribution in [0.15, 0.2) is 18.2 Å². The number of hydrogen-bond acceptors (Lipinski definition) is 5. The number of carbonyl (C=O) groups is 1. The van der Waals surface area contributed by atoms with Crippen LogP contribution in [0.4, 0.5) is 5.95 Å². The summed E-state index contributed by atoms with van der Waals surface area (Å²) < 4.78 is 0. The van der Waals surface area contributed by atoms with E-state index in [0.717, 1.165) is 41.9 Å². The fourth-order valence-corrected chi connectivity index (χ4v) is 4.09. The van der Waals surface area contributed by atoms with E-state index in [1.54, 1.807) is 0 Å². The van der Waals surface area contributed by atoms with Gasteiger partial charge in [0.1, 0.15) is 0 Å². The normalized spacial score (nSPS) is 23.7. The Morgan fingerprint density at radius 1 is 1.15 bits per heavy atom. The Morgan fingerprint density at radius 2 is 2.00 bits per heavy atom. The summed E-state index contributed by atoms with van der Waals surface area (Å²) in [6, 6.07) is 6.25. The van der Waals surface area contributed by atoms with Gasteiger partial charge >= 0.3 is 0 Å². The van der Waals surface area contributed by atoms with Gasteiger partial charge in [0, 0.05) is 31.6 Å². The summed E-state index contributed by atoms with van der Waals surface area (Å²) in [5.41, 5.74) is 3.12. The Morgan fingerprint density at radius 3 is 2.77 bits per heavy atom. The van der Waals surface area contributed by atoms with Crippen LogP contribution in [0.5, 0.6) is 0 Å². The van der Waals surface area contributed by atoms with E-state index in [-0.39, 0.29) is 17.9 Å². The first kappa shape index (κ1) is 17.2. The van der Waals surface area contributed by atoms with E-state index in [0.29, 0.717) is 26.1 Å². The minimum Gasteiger partial charge on any atom is -0.391 e. The van der Waals surface area contributed by atoms with Crippen LogP contribution in [0.2, 0.25) is 0 Å². The van der Waals surface area contributed by atoms with Crippen LogP contribution in [0.25, 0.3) is 10.9 Å². The van der Waals surface area contributed by atoms with Gasteiger partial charge in [0.25, 0.3) is 0 Å². The molecular weight excluding hydrogens is 328 g/mol. The number of β-amino-alcohol motifs (C(OH)–C–C–N with tert-alkyl or cyclic N) is 1. The maximum Gasteiger partial charge on any atom is 0.227 e. The molecule has 0 aliphatic carbocycles. The molecular formula is C20H26N4O2. The lowest BCUT2D eigenvalue weighted by Gasteiger charge is -2.34. The molecule has 2 aliphatic heterocycles. The Bertz CT molecular complexity index is 838. The van der Waals surface area contributed by atoms with Crippen LogP contribution < -0.4 is 4.90 Å². The van der Waals surface area contributed by atoms with E-state index in [2.05, 4.69) is 30.0 Å². The largest absolute Gasteiger partial charge is 0.391 e. The van der Waals surface area contributed by atoms with Gasteiger partial charge in [-0.2, -0.15) is 0 Å². The lowest BCUT2D eigenvalue weighted by atomic mass is 9.97. The summed E-state index contributed by atoms with van der Waals surface area (Å²) in [6.07, 6.45) is 2.18. The summed E-state index contributed by atoms with van der Waals surface area (Å²) in [5, 5.41) is 10.8. The smallest absolute Gasteiger partial charge is 0.227 e. The zero-order valence-electron chi connectivity index (χ0n) is 15.5. The van der Waals surface area contributed by atoms with Crippen molar-refractivity contribution in [2.45, 2.75) is 39.2 Å². The highest BCUT2D eigenvalue weighted by Crippen LogP contribution is 2.26. The zero-order valence-corrected chi connectivity index (χ0v) is 15.5. The van der Waals surface area contributed by atoms with Crippen LogP contribution in [-0.4, -0.2) is 58.2 Å². The molecule has 26 heavy (non-hydrogen) atoms. The molecule has 2 saturated heterocycles. The van der Waals surface area contributed by atoms with Crippen molar-refractivity contribution < 1.29 is 9.90 Å². The van der Waals surface area contributed by atoms with Gasteiger partial charge in [-0.25, -0.2) is 9.97 Å². The number of piperidine rings is 1. The quantitative estimate of drug-likeness (QED) is 0.894. The van der Waals surface area contributed by atoms with Gasteiger partial charge < -0.3 is 14.9 Å². The van der Waals surface area contributed by atoms with Gasteiger partial charge in [0.15, 0.2) is 0 Å². The van der Waals surface area contributed by atoms with Crippen LogP contribution in [0, 0.1) is 19.8 Å². The third kappa shape index (κ3) is 3.26.